The van der Waals surface area contributed by atoms with Gasteiger partial charge in [0, 0.05) is 62.8 Å². The van der Waals surface area contributed by atoms with Gasteiger partial charge in [-0.3, -0.25) is 19.2 Å². The molecule has 1 aliphatic rings. The van der Waals surface area contributed by atoms with Gasteiger partial charge in [0.25, 0.3) is 11.5 Å². The molecule has 3 aromatic rings. The minimum Gasteiger partial charge on any atom is -0.496 e. The Hall–Kier alpha value is -3.33. The molecule has 0 saturated carbocycles. The van der Waals surface area contributed by atoms with Crippen molar-refractivity contribution < 1.29 is 13.9 Å². The maximum atomic E-state index is 13.1. The van der Waals surface area contributed by atoms with Crippen molar-refractivity contribution in [1.82, 2.24) is 24.6 Å². The molecule has 4 rings (SSSR count). The molecule has 0 aliphatic carbocycles. The number of nitrogens with one attached hydrogen (secondary N) is 1. The van der Waals surface area contributed by atoms with Gasteiger partial charge in [-0.2, -0.15) is 5.10 Å². The van der Waals surface area contributed by atoms with Crippen LogP contribution < -0.4 is 15.6 Å². The highest BCUT2D eigenvalue weighted by Gasteiger charge is 2.26. The van der Waals surface area contributed by atoms with Gasteiger partial charge in [-0.25, -0.2) is 0 Å². The molecule has 1 amide bonds. The van der Waals surface area contributed by atoms with E-state index >= 15 is 0 Å². The Balaban J connectivity index is 1.51. The Bertz CT molecular complexity index is 1090. The Morgan fingerprint density at radius 2 is 2.19 bits per heavy atom. The maximum Gasteiger partial charge on any atom is 0.257 e. The second-order valence-electron chi connectivity index (χ2n) is 7.98. The number of carbonyl (C=O) groups is 1. The van der Waals surface area contributed by atoms with Gasteiger partial charge in [-0.15, -0.1) is 0 Å². The van der Waals surface area contributed by atoms with Crippen molar-refractivity contribution in [3.05, 3.63) is 70.3 Å². The van der Waals surface area contributed by atoms with E-state index in [-0.39, 0.29) is 18.0 Å². The number of nitrogens with zero attached hydrogens (tertiary/aromatic N) is 4. The van der Waals surface area contributed by atoms with Crippen LogP contribution in [0.25, 0.3) is 0 Å². The number of pyridine rings is 1. The summed E-state index contributed by atoms with van der Waals surface area (Å²) in [5.41, 5.74) is 0.989. The fraction of sp³-hybridized carbons (Fsp3) is 0.435. The number of rotatable bonds is 8. The number of ether oxygens (including phenoxy) is 1. The lowest BCUT2D eigenvalue weighted by Crippen LogP contribution is -2.36. The third kappa shape index (κ3) is 4.77. The summed E-state index contributed by atoms with van der Waals surface area (Å²) in [6.45, 7) is 5.33. The van der Waals surface area contributed by atoms with E-state index in [0.717, 1.165) is 26.1 Å². The van der Waals surface area contributed by atoms with E-state index in [1.807, 2.05) is 16.9 Å². The second-order valence-corrected chi connectivity index (χ2v) is 7.98. The van der Waals surface area contributed by atoms with Crippen LogP contribution in [0, 0.1) is 0 Å². The average Bonchev–Trinajstić information content (AvgIpc) is 3.46. The first kappa shape index (κ1) is 21.9. The van der Waals surface area contributed by atoms with Gasteiger partial charge >= 0.3 is 0 Å². The first-order valence-electron chi connectivity index (χ1n) is 10.9. The smallest absolute Gasteiger partial charge is 0.257 e. The van der Waals surface area contributed by atoms with Gasteiger partial charge < -0.3 is 19.0 Å². The zero-order chi connectivity index (χ0) is 22.5. The van der Waals surface area contributed by atoms with Crippen LogP contribution in [0.5, 0.6) is 5.75 Å². The van der Waals surface area contributed by atoms with E-state index in [0.29, 0.717) is 41.8 Å². The Labute approximate surface area is 186 Å². The number of aromatic nitrogens is 3. The Kier molecular flexibility index (Phi) is 6.75. The molecule has 0 saturated heterocycles. The first-order valence-corrected chi connectivity index (χ1v) is 10.9. The van der Waals surface area contributed by atoms with Crippen LogP contribution in [-0.2, 0) is 26.1 Å². The van der Waals surface area contributed by atoms with Gasteiger partial charge in [0.05, 0.1) is 19.9 Å². The molecule has 0 radical (unpaired) electrons. The predicted molar refractivity (Wildman–Crippen MR) is 119 cm³/mol. The molecule has 170 valence electrons. The van der Waals surface area contributed by atoms with E-state index in [1.165, 1.54) is 13.2 Å². The number of amides is 1. The van der Waals surface area contributed by atoms with E-state index in [4.69, 9.17) is 9.15 Å². The SMILES string of the molecule is COc1cc(=O)n2c(c1C(=O)NCc1ccco1)CCN([C@H](C)CCn1cccn1)CC2. The van der Waals surface area contributed by atoms with Crippen molar-refractivity contribution >= 4 is 5.91 Å². The van der Waals surface area contributed by atoms with Crippen molar-refractivity contribution in [3.8, 4) is 5.75 Å². The summed E-state index contributed by atoms with van der Waals surface area (Å²) in [5, 5.41) is 7.15. The molecule has 0 spiro atoms. The van der Waals surface area contributed by atoms with Gasteiger partial charge in [-0.1, -0.05) is 0 Å². The van der Waals surface area contributed by atoms with Gasteiger partial charge in [0.15, 0.2) is 0 Å². The summed E-state index contributed by atoms with van der Waals surface area (Å²) >= 11 is 0. The quantitative estimate of drug-likeness (QED) is 0.576. The van der Waals surface area contributed by atoms with Gasteiger partial charge in [0.2, 0.25) is 0 Å². The van der Waals surface area contributed by atoms with Crippen LogP contribution in [-0.4, -0.2) is 51.4 Å². The molecule has 9 heteroatoms. The fourth-order valence-corrected chi connectivity index (χ4v) is 4.22. The summed E-state index contributed by atoms with van der Waals surface area (Å²) < 4.78 is 14.4. The lowest BCUT2D eigenvalue weighted by atomic mass is 10.1. The van der Waals surface area contributed by atoms with Gasteiger partial charge in [-0.05, 0) is 31.5 Å². The molecular weight excluding hydrogens is 410 g/mol. The summed E-state index contributed by atoms with van der Waals surface area (Å²) in [6, 6.07) is 7.23. The number of hydrogen-bond donors (Lipinski definition) is 1. The molecule has 0 aromatic carbocycles. The monoisotopic (exact) mass is 439 g/mol. The average molecular weight is 440 g/mol. The standard InChI is InChI=1S/C23H29N5O4/c1-17(6-11-27-9-4-8-25-27)26-10-7-19-22(23(30)24-16-18-5-3-14-32-18)20(31-2)15-21(29)28(19)13-12-26/h3-5,8-9,14-15,17H,6-7,10-13,16H2,1-2H3,(H,24,30)/t17-/m1/s1. The highest BCUT2D eigenvalue weighted by atomic mass is 16.5. The van der Waals surface area contributed by atoms with E-state index in [9.17, 15) is 9.59 Å². The molecule has 3 aromatic heterocycles. The first-order chi connectivity index (χ1) is 15.6. The molecule has 0 bridgehead atoms. The number of hydrogen-bond acceptors (Lipinski definition) is 6. The van der Waals surface area contributed by atoms with Gasteiger partial charge in [0.1, 0.15) is 17.1 Å². The molecule has 0 fully saturated rings. The zero-order valence-electron chi connectivity index (χ0n) is 18.5. The number of methoxy groups -OCH3 is 1. The molecule has 1 N–H and O–H groups in total. The highest BCUT2D eigenvalue weighted by molar-refractivity contribution is 5.98. The van der Waals surface area contributed by atoms with E-state index in [1.54, 1.807) is 29.2 Å². The Morgan fingerprint density at radius 3 is 2.91 bits per heavy atom. The summed E-state index contributed by atoms with van der Waals surface area (Å²) in [5.74, 6) is 0.689. The molecule has 0 unspecified atom stereocenters. The number of furan rings is 1. The number of fused-ring (bicyclic) bond motifs is 1. The summed E-state index contributed by atoms with van der Waals surface area (Å²) in [7, 11) is 1.48. The molecule has 9 nitrogen and oxygen atoms in total. The van der Waals surface area contributed by atoms with E-state index in [2.05, 4.69) is 22.2 Å². The maximum absolute atomic E-state index is 13.1. The van der Waals surface area contributed by atoms with Crippen LogP contribution in [0.15, 0.2) is 52.1 Å². The molecule has 4 heterocycles. The van der Waals surface area contributed by atoms with Crippen molar-refractivity contribution in [1.29, 1.82) is 0 Å². The van der Waals surface area contributed by atoms with Crippen LogP contribution in [0.4, 0.5) is 0 Å². The lowest BCUT2D eigenvalue weighted by Gasteiger charge is -2.27. The van der Waals surface area contributed by atoms with Crippen LogP contribution in [0.2, 0.25) is 0 Å². The predicted octanol–water partition coefficient (Wildman–Crippen LogP) is 1.91. The molecule has 32 heavy (non-hydrogen) atoms. The molecule has 1 aliphatic heterocycles. The number of carbonyl (C=O) groups excluding carboxylic acids is 1. The third-order valence-corrected chi connectivity index (χ3v) is 6.04. The van der Waals surface area contributed by atoms with Crippen molar-refractivity contribution in [2.24, 2.45) is 0 Å². The van der Waals surface area contributed by atoms with Crippen LogP contribution in [0.1, 0.15) is 35.2 Å². The largest absolute Gasteiger partial charge is 0.496 e. The normalized spacial score (nSPS) is 15.1. The molecular formula is C23H29N5O4. The third-order valence-electron chi connectivity index (χ3n) is 6.04. The highest BCUT2D eigenvalue weighted by Crippen LogP contribution is 2.23. The fourth-order valence-electron chi connectivity index (χ4n) is 4.22. The summed E-state index contributed by atoms with van der Waals surface area (Å²) in [6.07, 6.45) is 6.85. The van der Waals surface area contributed by atoms with Crippen LogP contribution in [0.3, 0.4) is 0 Å². The number of aryl methyl sites for hydroxylation is 1. The lowest BCUT2D eigenvalue weighted by molar-refractivity contribution is 0.0942. The summed E-state index contributed by atoms with van der Waals surface area (Å²) in [4.78, 5) is 28.2. The molecule has 1 atom stereocenters. The van der Waals surface area contributed by atoms with Crippen molar-refractivity contribution in [2.45, 2.75) is 45.4 Å². The van der Waals surface area contributed by atoms with Crippen molar-refractivity contribution in [3.63, 3.8) is 0 Å². The minimum atomic E-state index is -0.276. The van der Waals surface area contributed by atoms with Crippen molar-refractivity contribution in [2.75, 3.05) is 20.2 Å². The topological polar surface area (TPSA) is 94.5 Å². The second kappa shape index (κ2) is 9.86. The van der Waals surface area contributed by atoms with Crippen LogP contribution >= 0.6 is 0 Å². The zero-order valence-corrected chi connectivity index (χ0v) is 18.5. The Morgan fingerprint density at radius 1 is 1.31 bits per heavy atom. The minimum absolute atomic E-state index is 0.148. The van der Waals surface area contributed by atoms with E-state index < -0.39 is 0 Å².